The van der Waals surface area contributed by atoms with Gasteiger partial charge in [0.25, 0.3) is 0 Å². The third-order valence-electron chi connectivity index (χ3n) is 2.75. The molecule has 0 aromatic heterocycles. The Balaban J connectivity index is 2.20. The highest BCUT2D eigenvalue weighted by Crippen LogP contribution is 2.50. The SMILES string of the molecule is CNC(=O)[C@@H]1C[C@@H]1c1cccc(Cl)c1Cl. The lowest BCUT2D eigenvalue weighted by Gasteiger charge is -2.04. The number of carbonyl (C=O) groups is 1. The van der Waals surface area contributed by atoms with Gasteiger partial charge in [-0.3, -0.25) is 4.79 Å². The van der Waals surface area contributed by atoms with Crippen LogP contribution in [0.15, 0.2) is 18.2 Å². The van der Waals surface area contributed by atoms with Crippen molar-refractivity contribution in [3.63, 3.8) is 0 Å². The van der Waals surface area contributed by atoms with E-state index in [1.807, 2.05) is 12.1 Å². The van der Waals surface area contributed by atoms with Crippen molar-refractivity contribution >= 4 is 29.1 Å². The van der Waals surface area contributed by atoms with Gasteiger partial charge in [0.15, 0.2) is 0 Å². The Morgan fingerprint density at radius 1 is 1.47 bits per heavy atom. The predicted molar refractivity (Wildman–Crippen MR) is 61.4 cm³/mol. The molecule has 1 aliphatic rings. The molecule has 0 bridgehead atoms. The van der Waals surface area contributed by atoms with Crippen LogP contribution in [0.2, 0.25) is 10.0 Å². The van der Waals surface area contributed by atoms with Crippen molar-refractivity contribution in [1.29, 1.82) is 0 Å². The van der Waals surface area contributed by atoms with Crippen molar-refractivity contribution in [3.05, 3.63) is 33.8 Å². The van der Waals surface area contributed by atoms with Gasteiger partial charge in [0.05, 0.1) is 10.0 Å². The van der Waals surface area contributed by atoms with Crippen molar-refractivity contribution < 1.29 is 4.79 Å². The van der Waals surface area contributed by atoms with E-state index in [4.69, 9.17) is 23.2 Å². The summed E-state index contributed by atoms with van der Waals surface area (Å²) >= 11 is 12.0. The number of benzene rings is 1. The topological polar surface area (TPSA) is 29.1 Å². The van der Waals surface area contributed by atoms with Crippen LogP contribution >= 0.6 is 23.2 Å². The first-order chi connectivity index (χ1) is 7.15. The van der Waals surface area contributed by atoms with Gasteiger partial charge in [-0.2, -0.15) is 0 Å². The fraction of sp³-hybridized carbons (Fsp3) is 0.364. The van der Waals surface area contributed by atoms with E-state index in [2.05, 4.69) is 5.32 Å². The summed E-state index contributed by atoms with van der Waals surface area (Å²) in [6.07, 6.45) is 0.861. The largest absolute Gasteiger partial charge is 0.359 e. The number of hydrogen-bond donors (Lipinski definition) is 1. The van der Waals surface area contributed by atoms with Crippen LogP contribution in [0.4, 0.5) is 0 Å². The third-order valence-corrected chi connectivity index (χ3v) is 3.59. The van der Waals surface area contributed by atoms with Crippen LogP contribution in [0.25, 0.3) is 0 Å². The van der Waals surface area contributed by atoms with Crippen molar-refractivity contribution in [1.82, 2.24) is 5.32 Å². The zero-order chi connectivity index (χ0) is 11.0. The van der Waals surface area contributed by atoms with Gasteiger partial charge in [-0.1, -0.05) is 35.3 Å². The second-order valence-corrected chi connectivity index (χ2v) is 4.49. The average Bonchev–Trinajstić information content (AvgIpc) is 3.01. The zero-order valence-electron chi connectivity index (χ0n) is 8.26. The molecule has 2 rings (SSSR count). The molecule has 1 aromatic rings. The van der Waals surface area contributed by atoms with Gasteiger partial charge in [0, 0.05) is 13.0 Å². The highest BCUT2D eigenvalue weighted by atomic mass is 35.5. The van der Waals surface area contributed by atoms with E-state index in [-0.39, 0.29) is 17.7 Å². The molecule has 1 fully saturated rings. The average molecular weight is 244 g/mol. The molecule has 0 saturated heterocycles. The quantitative estimate of drug-likeness (QED) is 0.851. The van der Waals surface area contributed by atoms with E-state index < -0.39 is 0 Å². The van der Waals surface area contributed by atoms with Crippen LogP contribution in [-0.2, 0) is 4.79 Å². The van der Waals surface area contributed by atoms with Crippen LogP contribution in [-0.4, -0.2) is 13.0 Å². The van der Waals surface area contributed by atoms with Crippen LogP contribution in [0.1, 0.15) is 17.9 Å². The minimum atomic E-state index is 0.0611. The van der Waals surface area contributed by atoms with Gasteiger partial charge in [-0.05, 0) is 24.0 Å². The van der Waals surface area contributed by atoms with Gasteiger partial charge in [-0.25, -0.2) is 0 Å². The molecular weight excluding hydrogens is 233 g/mol. The molecule has 0 heterocycles. The fourth-order valence-corrected chi connectivity index (χ4v) is 2.27. The Hall–Kier alpha value is -0.730. The minimum absolute atomic E-state index is 0.0611. The van der Waals surface area contributed by atoms with E-state index in [1.54, 1.807) is 13.1 Å². The number of rotatable bonds is 2. The van der Waals surface area contributed by atoms with Crippen molar-refractivity contribution in [2.75, 3.05) is 7.05 Å². The van der Waals surface area contributed by atoms with Crippen LogP contribution in [0.3, 0.4) is 0 Å². The van der Waals surface area contributed by atoms with Crippen molar-refractivity contribution in [3.8, 4) is 0 Å². The molecular formula is C11H11Cl2NO. The minimum Gasteiger partial charge on any atom is -0.359 e. The number of carbonyl (C=O) groups excluding carboxylic acids is 1. The monoisotopic (exact) mass is 243 g/mol. The van der Waals surface area contributed by atoms with Crippen LogP contribution in [0, 0.1) is 5.92 Å². The van der Waals surface area contributed by atoms with Crippen LogP contribution < -0.4 is 5.32 Å². The Kier molecular flexibility index (Phi) is 2.89. The highest BCUT2D eigenvalue weighted by molar-refractivity contribution is 6.42. The van der Waals surface area contributed by atoms with Gasteiger partial charge < -0.3 is 5.32 Å². The molecule has 4 heteroatoms. The molecule has 1 N–H and O–H groups in total. The normalized spacial score (nSPS) is 23.7. The second kappa shape index (κ2) is 4.03. The molecule has 80 valence electrons. The molecule has 1 aromatic carbocycles. The van der Waals surface area contributed by atoms with Crippen LogP contribution in [0.5, 0.6) is 0 Å². The van der Waals surface area contributed by atoms with Gasteiger partial charge in [0.1, 0.15) is 0 Å². The number of nitrogens with one attached hydrogen (secondary N) is 1. The lowest BCUT2D eigenvalue weighted by atomic mass is 10.1. The summed E-state index contributed by atoms with van der Waals surface area (Å²) in [6, 6.07) is 5.55. The fourth-order valence-electron chi connectivity index (χ4n) is 1.82. The standard InChI is InChI=1S/C11H11Cl2NO/c1-14-11(15)8-5-7(8)6-3-2-4-9(12)10(6)13/h2-4,7-8H,5H2,1H3,(H,14,15)/t7-,8-/m1/s1. The molecule has 0 aliphatic heterocycles. The predicted octanol–water partition coefficient (Wildman–Crippen LogP) is 2.84. The molecule has 15 heavy (non-hydrogen) atoms. The van der Waals surface area contributed by atoms with Gasteiger partial charge >= 0.3 is 0 Å². The first-order valence-electron chi connectivity index (χ1n) is 4.80. The zero-order valence-corrected chi connectivity index (χ0v) is 9.77. The van der Waals surface area contributed by atoms with E-state index in [0.717, 1.165) is 12.0 Å². The van der Waals surface area contributed by atoms with Crippen molar-refractivity contribution in [2.45, 2.75) is 12.3 Å². The Labute approximate surface area is 98.6 Å². The summed E-state index contributed by atoms with van der Waals surface area (Å²) in [5, 5.41) is 3.78. The maximum Gasteiger partial charge on any atom is 0.223 e. The maximum atomic E-state index is 11.4. The molecule has 1 amide bonds. The summed E-state index contributed by atoms with van der Waals surface area (Å²) < 4.78 is 0. The molecule has 0 spiro atoms. The summed E-state index contributed by atoms with van der Waals surface area (Å²) in [6.45, 7) is 0. The molecule has 1 saturated carbocycles. The lowest BCUT2D eigenvalue weighted by molar-refractivity contribution is -0.121. The number of amides is 1. The smallest absolute Gasteiger partial charge is 0.223 e. The first-order valence-corrected chi connectivity index (χ1v) is 5.56. The van der Waals surface area contributed by atoms with Gasteiger partial charge in [0.2, 0.25) is 5.91 Å². The lowest BCUT2D eigenvalue weighted by Crippen LogP contribution is -2.20. The summed E-state index contributed by atoms with van der Waals surface area (Å²) in [5.74, 6) is 0.373. The maximum absolute atomic E-state index is 11.4. The summed E-state index contributed by atoms with van der Waals surface area (Å²) in [7, 11) is 1.65. The summed E-state index contributed by atoms with van der Waals surface area (Å²) in [4.78, 5) is 11.4. The molecule has 0 unspecified atom stereocenters. The Morgan fingerprint density at radius 2 is 2.20 bits per heavy atom. The number of halogens is 2. The van der Waals surface area contributed by atoms with E-state index in [0.29, 0.717) is 10.0 Å². The second-order valence-electron chi connectivity index (χ2n) is 3.71. The summed E-state index contributed by atoms with van der Waals surface area (Å²) in [5.41, 5.74) is 0.984. The van der Waals surface area contributed by atoms with E-state index in [9.17, 15) is 4.79 Å². The Morgan fingerprint density at radius 3 is 2.87 bits per heavy atom. The molecule has 2 atom stereocenters. The van der Waals surface area contributed by atoms with E-state index >= 15 is 0 Å². The Bertz CT molecular complexity index is 406. The highest BCUT2D eigenvalue weighted by Gasteiger charge is 2.44. The molecule has 0 radical (unpaired) electrons. The molecule has 1 aliphatic carbocycles. The third kappa shape index (κ3) is 1.97. The first kappa shape index (κ1) is 10.8. The van der Waals surface area contributed by atoms with Gasteiger partial charge in [-0.15, -0.1) is 0 Å². The molecule has 2 nitrogen and oxygen atoms in total. The van der Waals surface area contributed by atoms with E-state index in [1.165, 1.54) is 0 Å². The van der Waals surface area contributed by atoms with Crippen molar-refractivity contribution in [2.24, 2.45) is 5.92 Å². The number of hydrogen-bond acceptors (Lipinski definition) is 1.